The van der Waals surface area contributed by atoms with Gasteiger partial charge in [0.15, 0.2) is 0 Å². The Labute approximate surface area is 130 Å². The molecule has 0 N–H and O–H groups in total. The first kappa shape index (κ1) is 14.3. The molecule has 0 saturated carbocycles. The minimum atomic E-state index is -0.289. The summed E-state index contributed by atoms with van der Waals surface area (Å²) in [6.45, 7) is 4.17. The lowest BCUT2D eigenvalue weighted by molar-refractivity contribution is 0.323. The van der Waals surface area contributed by atoms with E-state index in [0.717, 1.165) is 24.4 Å². The van der Waals surface area contributed by atoms with Gasteiger partial charge in [0.1, 0.15) is 11.6 Å². The zero-order valence-corrected chi connectivity index (χ0v) is 13.4. The Morgan fingerprint density at radius 1 is 1.25 bits per heavy atom. The Bertz CT molecular complexity index is 622. The van der Waals surface area contributed by atoms with Gasteiger partial charge in [0.05, 0.1) is 21.4 Å². The first-order chi connectivity index (χ1) is 9.69. The number of rotatable bonds is 4. The lowest BCUT2D eigenvalue weighted by atomic mass is 10.3. The van der Waals surface area contributed by atoms with Crippen molar-refractivity contribution >= 4 is 38.6 Å². The monoisotopic (exact) mass is 359 g/mol. The standard InChI is InChI=1S/C14H16BrClFN3/c15-10-7-13-12(8-11(10)17)18-14(9-16)20(13)6-5-19-3-1-2-4-19/h7-8H,1-6,9H2. The number of nitrogens with zero attached hydrogens (tertiary/aromatic N) is 3. The summed E-state index contributed by atoms with van der Waals surface area (Å²) in [5.74, 6) is 0.856. The quantitative estimate of drug-likeness (QED) is 0.774. The second-order valence-corrected chi connectivity index (χ2v) is 6.24. The Kier molecular flexibility index (Phi) is 4.29. The summed E-state index contributed by atoms with van der Waals surface area (Å²) >= 11 is 9.22. The third kappa shape index (κ3) is 2.71. The number of imidazole rings is 1. The Balaban J connectivity index is 1.92. The maximum atomic E-state index is 13.6. The SMILES string of the molecule is Fc1cc2nc(CCl)n(CCN3CCCC3)c2cc1Br. The van der Waals surface area contributed by atoms with Gasteiger partial charge < -0.3 is 9.47 Å². The largest absolute Gasteiger partial charge is 0.326 e. The highest BCUT2D eigenvalue weighted by Gasteiger charge is 2.15. The zero-order valence-electron chi connectivity index (χ0n) is 11.1. The molecule has 3 rings (SSSR count). The Morgan fingerprint density at radius 3 is 2.70 bits per heavy atom. The first-order valence-corrected chi connectivity index (χ1v) is 8.14. The minimum absolute atomic E-state index is 0.289. The third-order valence-corrected chi connectivity index (χ3v) is 4.67. The number of likely N-dealkylation sites (tertiary alicyclic amines) is 1. The van der Waals surface area contributed by atoms with Gasteiger partial charge in [-0.15, -0.1) is 11.6 Å². The lowest BCUT2D eigenvalue weighted by Crippen LogP contribution is -2.24. The average molecular weight is 361 g/mol. The summed E-state index contributed by atoms with van der Waals surface area (Å²) < 4.78 is 16.2. The summed E-state index contributed by atoms with van der Waals surface area (Å²) in [6.07, 6.45) is 2.56. The van der Waals surface area contributed by atoms with Gasteiger partial charge >= 0.3 is 0 Å². The highest BCUT2D eigenvalue weighted by Crippen LogP contribution is 2.25. The van der Waals surface area contributed by atoms with E-state index in [2.05, 4.69) is 30.4 Å². The predicted molar refractivity (Wildman–Crippen MR) is 82.6 cm³/mol. The zero-order chi connectivity index (χ0) is 14.1. The number of halogens is 3. The Hall–Kier alpha value is -0.650. The maximum Gasteiger partial charge on any atom is 0.139 e. The highest BCUT2D eigenvalue weighted by atomic mass is 79.9. The molecule has 2 aromatic rings. The van der Waals surface area contributed by atoms with E-state index in [4.69, 9.17) is 11.6 Å². The molecule has 1 saturated heterocycles. The van der Waals surface area contributed by atoms with Gasteiger partial charge in [0.2, 0.25) is 0 Å². The molecule has 0 unspecified atom stereocenters. The van der Waals surface area contributed by atoms with Crippen molar-refractivity contribution in [3.05, 3.63) is 28.2 Å². The van der Waals surface area contributed by atoms with Crippen molar-refractivity contribution in [1.82, 2.24) is 14.5 Å². The van der Waals surface area contributed by atoms with Crippen LogP contribution < -0.4 is 0 Å². The molecule has 1 aromatic carbocycles. The van der Waals surface area contributed by atoms with Crippen molar-refractivity contribution in [2.24, 2.45) is 0 Å². The first-order valence-electron chi connectivity index (χ1n) is 6.81. The smallest absolute Gasteiger partial charge is 0.139 e. The number of fused-ring (bicyclic) bond motifs is 1. The van der Waals surface area contributed by atoms with E-state index in [1.807, 2.05) is 0 Å². The van der Waals surface area contributed by atoms with Gasteiger partial charge in [-0.25, -0.2) is 9.37 Å². The van der Waals surface area contributed by atoms with Crippen molar-refractivity contribution < 1.29 is 4.39 Å². The number of benzene rings is 1. The molecule has 0 radical (unpaired) electrons. The van der Waals surface area contributed by atoms with Crippen LogP contribution in [0.4, 0.5) is 4.39 Å². The summed E-state index contributed by atoms with van der Waals surface area (Å²) in [5.41, 5.74) is 1.61. The van der Waals surface area contributed by atoms with E-state index in [1.165, 1.54) is 32.0 Å². The van der Waals surface area contributed by atoms with Crippen LogP contribution in [0.15, 0.2) is 16.6 Å². The van der Waals surface area contributed by atoms with Crippen molar-refractivity contribution in [3.8, 4) is 0 Å². The highest BCUT2D eigenvalue weighted by molar-refractivity contribution is 9.10. The van der Waals surface area contributed by atoms with Gasteiger partial charge in [-0.1, -0.05) is 0 Å². The summed E-state index contributed by atoms with van der Waals surface area (Å²) in [6, 6.07) is 3.25. The molecule has 1 aliphatic rings. The van der Waals surface area contributed by atoms with Crippen LogP contribution in [0, 0.1) is 5.82 Å². The van der Waals surface area contributed by atoms with Crippen molar-refractivity contribution in [2.75, 3.05) is 19.6 Å². The molecule has 0 bridgehead atoms. The maximum absolute atomic E-state index is 13.6. The topological polar surface area (TPSA) is 21.1 Å². The lowest BCUT2D eigenvalue weighted by Gasteiger charge is -2.16. The van der Waals surface area contributed by atoms with E-state index in [9.17, 15) is 4.39 Å². The molecular formula is C14H16BrClFN3. The van der Waals surface area contributed by atoms with Gasteiger partial charge in [-0.3, -0.25) is 0 Å². The third-order valence-electron chi connectivity index (χ3n) is 3.83. The number of alkyl halides is 1. The number of hydrogen-bond donors (Lipinski definition) is 0. The van der Waals surface area contributed by atoms with E-state index < -0.39 is 0 Å². The van der Waals surface area contributed by atoms with Crippen LogP contribution in [-0.4, -0.2) is 34.1 Å². The van der Waals surface area contributed by atoms with Gasteiger partial charge in [0, 0.05) is 19.2 Å². The van der Waals surface area contributed by atoms with E-state index >= 15 is 0 Å². The van der Waals surface area contributed by atoms with Gasteiger partial charge in [0.25, 0.3) is 0 Å². The van der Waals surface area contributed by atoms with Crippen LogP contribution in [-0.2, 0) is 12.4 Å². The molecule has 1 aromatic heterocycles. The molecule has 6 heteroatoms. The number of hydrogen-bond acceptors (Lipinski definition) is 2. The van der Waals surface area contributed by atoms with E-state index in [1.54, 1.807) is 6.07 Å². The minimum Gasteiger partial charge on any atom is -0.326 e. The van der Waals surface area contributed by atoms with Crippen LogP contribution in [0.3, 0.4) is 0 Å². The van der Waals surface area contributed by atoms with Crippen LogP contribution in [0.5, 0.6) is 0 Å². The molecule has 3 nitrogen and oxygen atoms in total. The molecule has 0 spiro atoms. The molecule has 108 valence electrons. The predicted octanol–water partition coefficient (Wildman–Crippen LogP) is 3.77. The number of aromatic nitrogens is 2. The second kappa shape index (κ2) is 6.00. The summed E-state index contributed by atoms with van der Waals surface area (Å²) in [5, 5.41) is 0. The fourth-order valence-corrected chi connectivity index (χ4v) is 3.30. The molecule has 0 aliphatic carbocycles. The van der Waals surface area contributed by atoms with E-state index in [-0.39, 0.29) is 5.82 Å². The molecule has 0 atom stereocenters. The van der Waals surface area contributed by atoms with Crippen LogP contribution in [0.2, 0.25) is 0 Å². The molecule has 1 fully saturated rings. The van der Waals surface area contributed by atoms with Crippen molar-refractivity contribution in [2.45, 2.75) is 25.3 Å². The van der Waals surface area contributed by atoms with Gasteiger partial charge in [-0.05, 0) is 47.9 Å². The Morgan fingerprint density at radius 2 is 2.00 bits per heavy atom. The fraction of sp³-hybridized carbons (Fsp3) is 0.500. The summed E-state index contributed by atoms with van der Waals surface area (Å²) in [7, 11) is 0. The molecule has 0 amide bonds. The second-order valence-electron chi connectivity index (χ2n) is 5.12. The van der Waals surface area contributed by atoms with Crippen LogP contribution >= 0.6 is 27.5 Å². The van der Waals surface area contributed by atoms with Crippen molar-refractivity contribution in [3.63, 3.8) is 0 Å². The molecular weight excluding hydrogens is 345 g/mol. The molecule has 2 heterocycles. The fourth-order valence-electron chi connectivity index (χ4n) is 2.77. The summed E-state index contributed by atoms with van der Waals surface area (Å²) in [4.78, 5) is 6.88. The normalized spacial score (nSPS) is 16.4. The van der Waals surface area contributed by atoms with Crippen LogP contribution in [0.25, 0.3) is 11.0 Å². The molecule has 1 aliphatic heterocycles. The van der Waals surface area contributed by atoms with Crippen LogP contribution in [0.1, 0.15) is 18.7 Å². The van der Waals surface area contributed by atoms with E-state index in [0.29, 0.717) is 15.9 Å². The average Bonchev–Trinajstić information content (AvgIpc) is 3.05. The van der Waals surface area contributed by atoms with Gasteiger partial charge in [-0.2, -0.15) is 0 Å². The van der Waals surface area contributed by atoms with Crippen molar-refractivity contribution in [1.29, 1.82) is 0 Å². The molecule has 20 heavy (non-hydrogen) atoms.